The number of hydrogen-bond donors (Lipinski definition) is 4. The molecule has 0 spiro atoms. The third kappa shape index (κ3) is 5.20. The topological polar surface area (TPSA) is 112 Å². The lowest BCUT2D eigenvalue weighted by atomic mass is 10.1. The minimum atomic E-state index is -0.847. The molecule has 5 rings (SSSR count). The number of carbonyl (C=O) groups excluding carboxylic acids is 1. The van der Waals surface area contributed by atoms with E-state index < -0.39 is 11.7 Å². The molecule has 2 aromatic heterocycles. The first-order valence-electron chi connectivity index (χ1n) is 13.0. The minimum absolute atomic E-state index is 0.200. The Balaban J connectivity index is 1.41. The second kappa shape index (κ2) is 10.8. The zero-order chi connectivity index (χ0) is 27.7. The molecule has 0 saturated carbocycles. The Hall–Kier alpha value is -4.31. The first-order valence-corrected chi connectivity index (χ1v) is 13.0. The number of carbonyl (C=O) groups is 1. The van der Waals surface area contributed by atoms with Gasteiger partial charge in [-0.15, -0.1) is 0 Å². The summed E-state index contributed by atoms with van der Waals surface area (Å²) >= 11 is 0. The summed E-state index contributed by atoms with van der Waals surface area (Å²) in [5.41, 5.74) is 9.93. The Morgan fingerprint density at radius 1 is 1.08 bits per heavy atom. The van der Waals surface area contributed by atoms with Gasteiger partial charge in [0.05, 0.1) is 47.6 Å². The van der Waals surface area contributed by atoms with Crippen LogP contribution in [0.1, 0.15) is 29.8 Å². The molecule has 204 valence electrons. The lowest BCUT2D eigenvalue weighted by molar-refractivity contribution is 0.0997. The summed E-state index contributed by atoms with van der Waals surface area (Å²) in [6.07, 6.45) is 3.32. The maximum Gasteiger partial charge on any atom is 0.253 e. The summed E-state index contributed by atoms with van der Waals surface area (Å²) in [4.78, 5) is 24.4. The molecular weight excluding hydrogens is 497 g/mol. The van der Waals surface area contributed by atoms with E-state index in [0.717, 1.165) is 59.9 Å². The number of hydrogen-bond acceptors (Lipinski definition) is 7. The minimum Gasteiger partial charge on any atom is -0.494 e. The molecule has 39 heavy (non-hydrogen) atoms. The van der Waals surface area contributed by atoms with Crippen LogP contribution in [0.4, 0.5) is 33.0 Å². The molecule has 0 atom stereocenters. The van der Waals surface area contributed by atoms with E-state index >= 15 is 0 Å². The van der Waals surface area contributed by atoms with E-state index in [1.165, 1.54) is 17.8 Å². The predicted molar refractivity (Wildman–Crippen MR) is 154 cm³/mol. The number of aromatic nitrogens is 2. The average Bonchev–Trinajstić information content (AvgIpc) is 3.32. The predicted octanol–water partition coefficient (Wildman–Crippen LogP) is 5.14. The number of aromatic amines is 1. The molecular formula is C29H34FN7O2. The number of nitrogens with one attached hydrogen (secondary N) is 3. The van der Waals surface area contributed by atoms with Crippen molar-refractivity contribution < 1.29 is 13.9 Å². The van der Waals surface area contributed by atoms with Gasteiger partial charge >= 0.3 is 0 Å². The number of methoxy groups -OCH3 is 1. The van der Waals surface area contributed by atoms with E-state index in [4.69, 9.17) is 10.5 Å². The van der Waals surface area contributed by atoms with Gasteiger partial charge in [0, 0.05) is 48.9 Å². The Kier molecular flexibility index (Phi) is 7.30. The highest BCUT2D eigenvalue weighted by molar-refractivity contribution is 6.02. The van der Waals surface area contributed by atoms with Crippen LogP contribution in [0.2, 0.25) is 0 Å². The second-order valence-corrected chi connectivity index (χ2v) is 10.0. The van der Waals surface area contributed by atoms with Gasteiger partial charge in [-0.05, 0) is 51.1 Å². The van der Waals surface area contributed by atoms with Crippen molar-refractivity contribution in [3.63, 3.8) is 0 Å². The molecule has 5 N–H and O–H groups in total. The summed E-state index contributed by atoms with van der Waals surface area (Å²) in [6.45, 7) is 10.6. The van der Waals surface area contributed by atoms with Crippen LogP contribution in [-0.2, 0) is 0 Å². The van der Waals surface area contributed by atoms with Crippen molar-refractivity contribution in [2.75, 3.05) is 48.8 Å². The first kappa shape index (κ1) is 26.3. The van der Waals surface area contributed by atoms with E-state index in [1.807, 2.05) is 12.1 Å². The Labute approximate surface area is 227 Å². The fourth-order valence-corrected chi connectivity index (χ4v) is 5.25. The molecule has 0 aliphatic carbocycles. The number of H-pyrrole nitrogens is 1. The Morgan fingerprint density at radius 2 is 1.85 bits per heavy atom. The second-order valence-electron chi connectivity index (χ2n) is 10.0. The van der Waals surface area contributed by atoms with E-state index in [9.17, 15) is 9.18 Å². The number of halogens is 1. The third-order valence-electron chi connectivity index (χ3n) is 7.31. The third-order valence-corrected chi connectivity index (χ3v) is 7.31. The van der Waals surface area contributed by atoms with Crippen LogP contribution in [0.5, 0.6) is 5.75 Å². The van der Waals surface area contributed by atoms with Gasteiger partial charge in [0.15, 0.2) is 0 Å². The van der Waals surface area contributed by atoms with Gasteiger partial charge in [0.25, 0.3) is 5.91 Å². The van der Waals surface area contributed by atoms with Crippen molar-refractivity contribution in [3.8, 4) is 5.75 Å². The highest BCUT2D eigenvalue weighted by Gasteiger charge is 2.22. The van der Waals surface area contributed by atoms with Crippen LogP contribution >= 0.6 is 0 Å². The lowest BCUT2D eigenvalue weighted by Gasteiger charge is -2.39. The summed E-state index contributed by atoms with van der Waals surface area (Å²) < 4.78 is 20.1. The van der Waals surface area contributed by atoms with E-state index in [1.54, 1.807) is 25.6 Å². The maximum atomic E-state index is 14.3. The smallest absolute Gasteiger partial charge is 0.253 e. The van der Waals surface area contributed by atoms with Crippen molar-refractivity contribution in [2.45, 2.75) is 26.8 Å². The molecule has 0 unspecified atom stereocenters. The normalized spacial score (nSPS) is 14.2. The van der Waals surface area contributed by atoms with Gasteiger partial charge in [-0.1, -0.05) is 6.07 Å². The summed E-state index contributed by atoms with van der Waals surface area (Å²) in [7, 11) is 1.68. The van der Waals surface area contributed by atoms with Crippen LogP contribution in [0.15, 0.2) is 48.8 Å². The van der Waals surface area contributed by atoms with Crippen molar-refractivity contribution in [1.82, 2.24) is 14.9 Å². The molecule has 1 saturated heterocycles. The Bertz CT molecular complexity index is 1510. The van der Waals surface area contributed by atoms with Gasteiger partial charge < -0.3 is 31.0 Å². The fraction of sp³-hybridized carbons (Fsp3) is 0.310. The van der Waals surface area contributed by atoms with Crippen molar-refractivity contribution in [2.24, 2.45) is 5.73 Å². The molecule has 2 aromatic carbocycles. The number of rotatable bonds is 8. The molecule has 10 heteroatoms. The van der Waals surface area contributed by atoms with Crippen molar-refractivity contribution in [1.29, 1.82) is 0 Å². The maximum absolute atomic E-state index is 14.3. The van der Waals surface area contributed by atoms with Crippen LogP contribution in [0.3, 0.4) is 0 Å². The number of pyridine rings is 1. The molecule has 0 bridgehead atoms. The van der Waals surface area contributed by atoms with Gasteiger partial charge in [0.1, 0.15) is 17.4 Å². The number of anilines is 5. The number of nitrogens with two attached hydrogens (primary N) is 1. The quantitative estimate of drug-likeness (QED) is 0.249. The molecule has 1 aliphatic heterocycles. The van der Waals surface area contributed by atoms with Crippen LogP contribution in [-0.4, -0.2) is 60.1 Å². The standard InChI is InChI=1S/C29H34FN7O2/c1-17(2)36-10-12-37(13-11-36)25-9-8-22(28(39-4)18(25)3)34-26-14-19-23(15-32-16-24(19)35-26)33-21-7-5-6-20(30)27(21)29(31)38/h5-9,14-17,33-35H,10-13H2,1-4H3,(H2,31,38). The average molecular weight is 532 g/mol. The fourth-order valence-electron chi connectivity index (χ4n) is 5.25. The molecule has 0 radical (unpaired) electrons. The zero-order valence-electron chi connectivity index (χ0n) is 22.6. The highest BCUT2D eigenvalue weighted by Crippen LogP contribution is 2.38. The number of ether oxygens (including phenoxy) is 1. The zero-order valence-corrected chi connectivity index (χ0v) is 22.6. The molecule has 1 aliphatic rings. The summed E-state index contributed by atoms with van der Waals surface area (Å²) in [5, 5.41) is 7.36. The molecule has 9 nitrogen and oxygen atoms in total. The number of benzene rings is 2. The van der Waals surface area contributed by atoms with E-state index in [2.05, 4.69) is 57.2 Å². The molecule has 1 fully saturated rings. The number of amides is 1. The van der Waals surface area contributed by atoms with Crippen LogP contribution in [0.25, 0.3) is 10.9 Å². The van der Waals surface area contributed by atoms with Crippen molar-refractivity contribution in [3.05, 3.63) is 65.7 Å². The largest absolute Gasteiger partial charge is 0.494 e. The van der Waals surface area contributed by atoms with Gasteiger partial charge in [-0.3, -0.25) is 14.7 Å². The van der Waals surface area contributed by atoms with Crippen molar-refractivity contribution >= 4 is 45.4 Å². The van der Waals surface area contributed by atoms with E-state index in [0.29, 0.717) is 11.7 Å². The molecule has 1 amide bonds. The first-order chi connectivity index (χ1) is 18.8. The number of fused-ring (bicyclic) bond motifs is 1. The van der Waals surface area contributed by atoms with Crippen LogP contribution in [0, 0.1) is 12.7 Å². The van der Waals surface area contributed by atoms with Crippen LogP contribution < -0.4 is 26.0 Å². The molecule has 3 heterocycles. The SMILES string of the molecule is COc1c(Nc2cc3c(Nc4cccc(F)c4C(N)=O)cncc3[nH]2)ccc(N2CCN(C(C)C)CC2)c1C. The number of piperazine rings is 1. The number of nitrogens with zero attached hydrogens (tertiary/aromatic N) is 3. The van der Waals surface area contributed by atoms with Gasteiger partial charge in [0.2, 0.25) is 0 Å². The Morgan fingerprint density at radius 3 is 2.54 bits per heavy atom. The summed E-state index contributed by atoms with van der Waals surface area (Å²) in [5.74, 6) is -0.0252. The number of primary amides is 1. The van der Waals surface area contributed by atoms with E-state index in [-0.39, 0.29) is 11.3 Å². The van der Waals surface area contributed by atoms with Gasteiger partial charge in [-0.2, -0.15) is 0 Å². The molecule has 4 aromatic rings. The monoisotopic (exact) mass is 531 g/mol. The highest BCUT2D eigenvalue weighted by atomic mass is 19.1. The summed E-state index contributed by atoms with van der Waals surface area (Å²) in [6, 6.07) is 11.0. The lowest BCUT2D eigenvalue weighted by Crippen LogP contribution is -2.49. The van der Waals surface area contributed by atoms with Gasteiger partial charge in [-0.25, -0.2) is 4.39 Å².